The summed E-state index contributed by atoms with van der Waals surface area (Å²) in [5.41, 5.74) is -0.622. The van der Waals surface area contributed by atoms with Crippen molar-refractivity contribution in [2.24, 2.45) is 0 Å². The Hall–Kier alpha value is -3.89. The normalized spacial score (nSPS) is 10.7. The number of carbonyl (C=O) groups is 2. The van der Waals surface area contributed by atoms with Crippen LogP contribution in [-0.2, 0) is 16.1 Å². The van der Waals surface area contributed by atoms with E-state index in [4.69, 9.17) is 18.7 Å². The van der Waals surface area contributed by atoms with Gasteiger partial charge in [-0.2, -0.15) is 4.98 Å². The number of aromatic nitrogens is 3. The summed E-state index contributed by atoms with van der Waals surface area (Å²) in [5, 5.41) is 6.12. The minimum atomic E-state index is -0.807. The van der Waals surface area contributed by atoms with Crippen LogP contribution in [0, 0.1) is 6.92 Å². The number of ether oxygens (including phenoxy) is 3. The first-order chi connectivity index (χ1) is 14.4. The zero-order chi connectivity index (χ0) is 21.8. The molecular formula is C19H20N4O7. The number of esters is 1. The SMILES string of the molecule is CCOC(=O)c1noc2nc(C)n(CC(=O)Nc3ccc(OC)cc3OC)c(=O)c12. The maximum absolute atomic E-state index is 12.9. The second-order valence-electron chi connectivity index (χ2n) is 6.10. The number of benzene rings is 1. The Labute approximate surface area is 170 Å². The minimum Gasteiger partial charge on any atom is -0.497 e. The van der Waals surface area contributed by atoms with E-state index >= 15 is 0 Å². The maximum atomic E-state index is 12.9. The molecule has 0 unspecified atom stereocenters. The van der Waals surface area contributed by atoms with Crippen molar-refractivity contribution < 1.29 is 28.3 Å². The van der Waals surface area contributed by atoms with Crippen LogP contribution in [-0.4, -0.2) is 47.4 Å². The van der Waals surface area contributed by atoms with Crippen molar-refractivity contribution in [2.45, 2.75) is 20.4 Å². The van der Waals surface area contributed by atoms with Crippen LogP contribution in [0.15, 0.2) is 27.5 Å². The standard InChI is InChI=1S/C19H20N4O7/c1-5-29-19(26)16-15-17(30-22-16)20-10(2)23(18(15)25)9-14(24)21-12-7-6-11(27-3)8-13(12)28-4/h6-8H,5,9H2,1-4H3,(H,21,24). The highest BCUT2D eigenvalue weighted by Gasteiger charge is 2.24. The quantitative estimate of drug-likeness (QED) is 0.569. The molecule has 158 valence electrons. The summed E-state index contributed by atoms with van der Waals surface area (Å²) in [6, 6.07) is 4.89. The van der Waals surface area contributed by atoms with E-state index in [9.17, 15) is 14.4 Å². The fourth-order valence-electron chi connectivity index (χ4n) is 2.80. The summed E-state index contributed by atoms with van der Waals surface area (Å²) in [4.78, 5) is 41.7. The van der Waals surface area contributed by atoms with Gasteiger partial charge in [0.05, 0.1) is 26.5 Å². The van der Waals surface area contributed by atoms with Gasteiger partial charge in [0.2, 0.25) is 11.6 Å². The third kappa shape index (κ3) is 3.95. The van der Waals surface area contributed by atoms with E-state index in [0.29, 0.717) is 17.2 Å². The molecule has 1 N–H and O–H groups in total. The Balaban J connectivity index is 1.92. The number of amides is 1. The van der Waals surface area contributed by atoms with E-state index in [1.165, 1.54) is 21.1 Å². The van der Waals surface area contributed by atoms with Crippen molar-refractivity contribution in [2.75, 3.05) is 26.1 Å². The number of fused-ring (bicyclic) bond motifs is 1. The van der Waals surface area contributed by atoms with Gasteiger partial charge in [0.15, 0.2) is 0 Å². The first-order valence-corrected chi connectivity index (χ1v) is 8.95. The van der Waals surface area contributed by atoms with Gasteiger partial charge in [0, 0.05) is 6.07 Å². The lowest BCUT2D eigenvalue weighted by Crippen LogP contribution is -2.30. The van der Waals surface area contributed by atoms with Crippen LogP contribution in [0.4, 0.5) is 5.69 Å². The van der Waals surface area contributed by atoms with E-state index in [2.05, 4.69) is 15.5 Å². The molecule has 0 fully saturated rings. The highest BCUT2D eigenvalue weighted by atomic mass is 16.5. The molecule has 0 saturated heterocycles. The highest BCUT2D eigenvalue weighted by molar-refractivity contribution is 6.00. The van der Waals surface area contributed by atoms with Gasteiger partial charge in [-0.05, 0) is 26.0 Å². The van der Waals surface area contributed by atoms with Crippen molar-refractivity contribution in [3.05, 3.63) is 40.1 Å². The molecule has 3 aromatic rings. The minimum absolute atomic E-state index is 0.103. The summed E-state index contributed by atoms with van der Waals surface area (Å²) < 4.78 is 21.4. The second kappa shape index (κ2) is 8.64. The highest BCUT2D eigenvalue weighted by Crippen LogP contribution is 2.29. The van der Waals surface area contributed by atoms with Crippen molar-refractivity contribution in [1.29, 1.82) is 0 Å². The number of hydrogen-bond donors (Lipinski definition) is 1. The number of hydrogen-bond acceptors (Lipinski definition) is 9. The molecule has 0 aliphatic carbocycles. The number of carbonyl (C=O) groups excluding carboxylic acids is 2. The Kier molecular flexibility index (Phi) is 6.00. The lowest BCUT2D eigenvalue weighted by Gasteiger charge is -2.13. The zero-order valence-electron chi connectivity index (χ0n) is 16.8. The van der Waals surface area contributed by atoms with E-state index < -0.39 is 17.4 Å². The van der Waals surface area contributed by atoms with E-state index in [-0.39, 0.29) is 35.8 Å². The maximum Gasteiger partial charge on any atom is 0.361 e. The number of aryl methyl sites for hydroxylation is 1. The number of anilines is 1. The molecule has 11 nitrogen and oxygen atoms in total. The van der Waals surface area contributed by atoms with Crippen LogP contribution in [0.3, 0.4) is 0 Å². The molecule has 0 spiro atoms. The Morgan fingerprint density at radius 2 is 2.00 bits per heavy atom. The van der Waals surface area contributed by atoms with Gasteiger partial charge in [-0.3, -0.25) is 14.2 Å². The topological polar surface area (TPSA) is 135 Å². The predicted molar refractivity (Wildman–Crippen MR) is 105 cm³/mol. The number of rotatable bonds is 7. The molecule has 0 aliphatic rings. The van der Waals surface area contributed by atoms with Crippen LogP contribution >= 0.6 is 0 Å². The number of nitrogens with zero attached hydrogens (tertiary/aromatic N) is 3. The first kappa shape index (κ1) is 20.8. The molecule has 0 aliphatic heterocycles. The van der Waals surface area contributed by atoms with Crippen molar-refractivity contribution in [3.8, 4) is 11.5 Å². The molecular weight excluding hydrogens is 396 g/mol. The van der Waals surface area contributed by atoms with E-state index in [0.717, 1.165) is 4.57 Å². The van der Waals surface area contributed by atoms with Crippen LogP contribution < -0.4 is 20.3 Å². The van der Waals surface area contributed by atoms with Crippen molar-refractivity contribution in [3.63, 3.8) is 0 Å². The van der Waals surface area contributed by atoms with Gasteiger partial charge in [-0.1, -0.05) is 5.16 Å². The fourth-order valence-corrected chi connectivity index (χ4v) is 2.80. The Morgan fingerprint density at radius 1 is 1.23 bits per heavy atom. The van der Waals surface area contributed by atoms with Crippen LogP contribution in [0.25, 0.3) is 11.1 Å². The lowest BCUT2D eigenvalue weighted by molar-refractivity contribution is -0.116. The van der Waals surface area contributed by atoms with Crippen molar-refractivity contribution in [1.82, 2.24) is 14.7 Å². The van der Waals surface area contributed by atoms with E-state index in [1.54, 1.807) is 25.1 Å². The van der Waals surface area contributed by atoms with Crippen LogP contribution in [0.2, 0.25) is 0 Å². The first-order valence-electron chi connectivity index (χ1n) is 8.95. The largest absolute Gasteiger partial charge is 0.497 e. The molecule has 2 aromatic heterocycles. The summed E-state index contributed by atoms with van der Waals surface area (Å²) in [6.45, 7) is 2.91. The summed E-state index contributed by atoms with van der Waals surface area (Å²) >= 11 is 0. The molecule has 1 aromatic carbocycles. The van der Waals surface area contributed by atoms with Crippen LogP contribution in [0.1, 0.15) is 23.2 Å². The summed E-state index contributed by atoms with van der Waals surface area (Å²) in [6.07, 6.45) is 0. The zero-order valence-corrected chi connectivity index (χ0v) is 16.8. The molecule has 1 amide bonds. The molecule has 2 heterocycles. The van der Waals surface area contributed by atoms with E-state index in [1.807, 2.05) is 0 Å². The summed E-state index contributed by atoms with van der Waals surface area (Å²) in [7, 11) is 2.97. The molecule has 0 bridgehead atoms. The molecule has 0 radical (unpaired) electrons. The third-order valence-corrected chi connectivity index (χ3v) is 4.24. The molecule has 11 heteroatoms. The van der Waals surface area contributed by atoms with Gasteiger partial charge in [0.1, 0.15) is 29.3 Å². The average Bonchev–Trinajstić information content (AvgIpc) is 3.15. The lowest BCUT2D eigenvalue weighted by atomic mass is 10.2. The van der Waals surface area contributed by atoms with Gasteiger partial charge >= 0.3 is 5.97 Å². The molecule has 30 heavy (non-hydrogen) atoms. The fraction of sp³-hybridized carbons (Fsp3) is 0.316. The predicted octanol–water partition coefficient (Wildman–Crippen LogP) is 1.53. The van der Waals surface area contributed by atoms with Gasteiger partial charge < -0.3 is 24.1 Å². The van der Waals surface area contributed by atoms with Gasteiger partial charge in [-0.15, -0.1) is 0 Å². The second-order valence-corrected chi connectivity index (χ2v) is 6.10. The van der Waals surface area contributed by atoms with Crippen LogP contribution in [0.5, 0.6) is 11.5 Å². The average molecular weight is 416 g/mol. The number of methoxy groups -OCH3 is 2. The number of nitrogens with one attached hydrogen (secondary N) is 1. The van der Waals surface area contributed by atoms with Crippen molar-refractivity contribution >= 4 is 28.7 Å². The monoisotopic (exact) mass is 416 g/mol. The Bertz CT molecular complexity index is 1170. The Morgan fingerprint density at radius 3 is 2.67 bits per heavy atom. The smallest absolute Gasteiger partial charge is 0.361 e. The molecule has 0 atom stereocenters. The summed E-state index contributed by atoms with van der Waals surface area (Å²) in [5.74, 6) is -0.137. The molecule has 3 rings (SSSR count). The van der Waals surface area contributed by atoms with Gasteiger partial charge in [0.25, 0.3) is 11.3 Å². The third-order valence-electron chi connectivity index (χ3n) is 4.24. The molecule has 0 saturated carbocycles. The van der Waals surface area contributed by atoms with Gasteiger partial charge in [-0.25, -0.2) is 4.79 Å².